The number of hydrogen-bond donors (Lipinski definition) is 1. The minimum Gasteiger partial charge on any atom is -0.508 e. The number of hydrogen-bond acceptors (Lipinski definition) is 3. The van der Waals surface area contributed by atoms with Crippen LogP contribution < -0.4 is 4.74 Å². The average Bonchev–Trinajstić information content (AvgIpc) is 2.57. The van der Waals surface area contributed by atoms with Crippen molar-refractivity contribution in [3.8, 4) is 11.5 Å². The van der Waals surface area contributed by atoms with Crippen LogP contribution in [0, 0.1) is 0 Å². The van der Waals surface area contributed by atoms with Crippen LogP contribution in [0.1, 0.15) is 42.1 Å². The van der Waals surface area contributed by atoms with E-state index in [1.807, 2.05) is 24.3 Å². The second kappa shape index (κ2) is 8.79. The van der Waals surface area contributed by atoms with Gasteiger partial charge in [-0.15, -0.1) is 0 Å². The van der Waals surface area contributed by atoms with E-state index in [1.54, 1.807) is 24.3 Å². The number of benzene rings is 2. The summed E-state index contributed by atoms with van der Waals surface area (Å²) >= 11 is 0. The van der Waals surface area contributed by atoms with E-state index in [0.717, 1.165) is 24.3 Å². The van der Waals surface area contributed by atoms with Crippen LogP contribution in [-0.4, -0.2) is 17.5 Å². The van der Waals surface area contributed by atoms with Gasteiger partial charge in [-0.3, -0.25) is 4.79 Å². The molecule has 23 heavy (non-hydrogen) atoms. The molecule has 0 spiro atoms. The SMILES string of the molecule is CCCCCOc1ccc(/C=C/C(=O)c2cccc(O)c2)cc1. The van der Waals surface area contributed by atoms with Gasteiger partial charge in [0, 0.05) is 5.56 Å². The molecule has 0 saturated heterocycles. The highest BCUT2D eigenvalue weighted by Crippen LogP contribution is 2.15. The van der Waals surface area contributed by atoms with Crippen LogP contribution >= 0.6 is 0 Å². The molecule has 2 aromatic rings. The maximum atomic E-state index is 12.0. The molecule has 0 saturated carbocycles. The molecule has 0 aliphatic carbocycles. The largest absolute Gasteiger partial charge is 0.508 e. The summed E-state index contributed by atoms with van der Waals surface area (Å²) in [4.78, 5) is 12.0. The first kappa shape index (κ1) is 16.8. The normalized spacial score (nSPS) is 10.8. The predicted octanol–water partition coefficient (Wildman–Crippen LogP) is 4.86. The Morgan fingerprint density at radius 1 is 1.13 bits per heavy atom. The van der Waals surface area contributed by atoms with Gasteiger partial charge in [0.1, 0.15) is 11.5 Å². The molecule has 0 heterocycles. The first-order chi connectivity index (χ1) is 11.2. The molecule has 0 unspecified atom stereocenters. The lowest BCUT2D eigenvalue weighted by Crippen LogP contribution is -1.96. The van der Waals surface area contributed by atoms with Gasteiger partial charge in [0.15, 0.2) is 5.78 Å². The van der Waals surface area contributed by atoms with Gasteiger partial charge < -0.3 is 9.84 Å². The second-order valence-corrected chi connectivity index (χ2v) is 5.37. The third kappa shape index (κ3) is 5.62. The number of phenolic OH excluding ortho intramolecular Hbond substituents is 1. The number of phenols is 1. The number of rotatable bonds is 8. The molecule has 2 rings (SSSR count). The highest BCUT2D eigenvalue weighted by molar-refractivity contribution is 6.07. The molecular weight excluding hydrogens is 288 g/mol. The molecule has 0 aliphatic heterocycles. The Balaban J connectivity index is 1.91. The van der Waals surface area contributed by atoms with Crippen LogP contribution in [0.2, 0.25) is 0 Å². The summed E-state index contributed by atoms with van der Waals surface area (Å²) in [6.07, 6.45) is 6.69. The van der Waals surface area contributed by atoms with Gasteiger partial charge >= 0.3 is 0 Å². The summed E-state index contributed by atoms with van der Waals surface area (Å²) in [6.45, 7) is 2.90. The van der Waals surface area contributed by atoms with Gasteiger partial charge in [-0.05, 0) is 42.3 Å². The van der Waals surface area contributed by atoms with E-state index in [9.17, 15) is 9.90 Å². The number of allylic oxidation sites excluding steroid dienone is 1. The Morgan fingerprint density at radius 3 is 2.61 bits per heavy atom. The number of aromatic hydroxyl groups is 1. The Labute approximate surface area is 137 Å². The molecular formula is C20H22O3. The summed E-state index contributed by atoms with van der Waals surface area (Å²) in [5, 5.41) is 9.39. The van der Waals surface area contributed by atoms with E-state index in [0.29, 0.717) is 5.56 Å². The van der Waals surface area contributed by atoms with Gasteiger partial charge in [0.25, 0.3) is 0 Å². The van der Waals surface area contributed by atoms with Crippen molar-refractivity contribution in [2.75, 3.05) is 6.61 Å². The van der Waals surface area contributed by atoms with Crippen molar-refractivity contribution in [3.05, 3.63) is 65.7 Å². The Hall–Kier alpha value is -2.55. The van der Waals surface area contributed by atoms with E-state index in [2.05, 4.69) is 6.92 Å². The van der Waals surface area contributed by atoms with Gasteiger partial charge in [0.2, 0.25) is 0 Å². The molecule has 0 atom stereocenters. The van der Waals surface area contributed by atoms with Crippen LogP contribution in [0.5, 0.6) is 11.5 Å². The number of ketones is 1. The third-order valence-corrected chi connectivity index (χ3v) is 3.45. The van der Waals surface area contributed by atoms with Crippen molar-refractivity contribution in [2.24, 2.45) is 0 Å². The second-order valence-electron chi connectivity index (χ2n) is 5.37. The van der Waals surface area contributed by atoms with Gasteiger partial charge in [-0.2, -0.15) is 0 Å². The fourth-order valence-electron chi connectivity index (χ4n) is 2.14. The van der Waals surface area contributed by atoms with E-state index in [4.69, 9.17) is 4.74 Å². The van der Waals surface area contributed by atoms with Crippen molar-refractivity contribution in [2.45, 2.75) is 26.2 Å². The highest BCUT2D eigenvalue weighted by Gasteiger charge is 2.02. The lowest BCUT2D eigenvalue weighted by molar-refractivity contribution is 0.104. The molecule has 2 aromatic carbocycles. The van der Waals surface area contributed by atoms with Crippen LogP contribution in [-0.2, 0) is 0 Å². The van der Waals surface area contributed by atoms with Crippen molar-refractivity contribution in [1.82, 2.24) is 0 Å². The Morgan fingerprint density at radius 2 is 1.91 bits per heavy atom. The topological polar surface area (TPSA) is 46.5 Å². The first-order valence-corrected chi connectivity index (χ1v) is 7.93. The molecule has 0 fully saturated rings. The van der Waals surface area contributed by atoms with Crippen LogP contribution in [0.25, 0.3) is 6.08 Å². The van der Waals surface area contributed by atoms with E-state index < -0.39 is 0 Å². The Bertz CT molecular complexity index is 657. The number of unbranched alkanes of at least 4 members (excludes halogenated alkanes) is 2. The number of carbonyl (C=O) groups excluding carboxylic acids is 1. The van der Waals surface area contributed by atoms with E-state index >= 15 is 0 Å². The number of ether oxygens (including phenoxy) is 1. The summed E-state index contributed by atoms with van der Waals surface area (Å²) in [7, 11) is 0. The predicted molar refractivity (Wildman–Crippen MR) is 92.9 cm³/mol. The van der Waals surface area contributed by atoms with Gasteiger partial charge in [0.05, 0.1) is 6.61 Å². The van der Waals surface area contributed by atoms with Crippen molar-refractivity contribution in [3.63, 3.8) is 0 Å². The zero-order valence-electron chi connectivity index (χ0n) is 13.4. The molecule has 0 radical (unpaired) electrons. The van der Waals surface area contributed by atoms with Crippen molar-refractivity contribution >= 4 is 11.9 Å². The molecule has 3 nitrogen and oxygen atoms in total. The maximum absolute atomic E-state index is 12.0. The third-order valence-electron chi connectivity index (χ3n) is 3.45. The monoisotopic (exact) mass is 310 g/mol. The molecule has 120 valence electrons. The fraction of sp³-hybridized carbons (Fsp3) is 0.250. The van der Waals surface area contributed by atoms with E-state index in [1.165, 1.54) is 25.0 Å². The standard InChI is InChI=1S/C20H22O3/c1-2-3-4-14-23-19-11-8-16(9-12-19)10-13-20(22)17-6-5-7-18(21)15-17/h5-13,15,21H,2-4,14H2,1H3/b13-10+. The fourth-order valence-corrected chi connectivity index (χ4v) is 2.14. The molecule has 0 aliphatic rings. The van der Waals surface area contributed by atoms with Crippen molar-refractivity contribution < 1.29 is 14.6 Å². The summed E-state index contributed by atoms with van der Waals surface area (Å²) < 4.78 is 5.65. The molecule has 0 amide bonds. The lowest BCUT2D eigenvalue weighted by atomic mass is 10.1. The molecule has 0 aromatic heterocycles. The Kier molecular flexibility index (Phi) is 6.42. The summed E-state index contributed by atoms with van der Waals surface area (Å²) in [5.74, 6) is 0.798. The lowest BCUT2D eigenvalue weighted by Gasteiger charge is -2.05. The van der Waals surface area contributed by atoms with Crippen LogP contribution in [0.15, 0.2) is 54.6 Å². The smallest absolute Gasteiger partial charge is 0.185 e. The summed E-state index contributed by atoms with van der Waals surface area (Å²) in [5.41, 5.74) is 1.40. The zero-order chi connectivity index (χ0) is 16.5. The molecule has 1 N–H and O–H groups in total. The minimum absolute atomic E-state index is 0.0915. The maximum Gasteiger partial charge on any atom is 0.185 e. The quantitative estimate of drug-likeness (QED) is 0.430. The minimum atomic E-state index is -0.138. The highest BCUT2D eigenvalue weighted by atomic mass is 16.5. The van der Waals surface area contributed by atoms with Crippen LogP contribution in [0.4, 0.5) is 0 Å². The van der Waals surface area contributed by atoms with Gasteiger partial charge in [-0.25, -0.2) is 0 Å². The van der Waals surface area contributed by atoms with Crippen LogP contribution in [0.3, 0.4) is 0 Å². The van der Waals surface area contributed by atoms with E-state index in [-0.39, 0.29) is 11.5 Å². The average molecular weight is 310 g/mol. The molecule has 3 heteroatoms. The van der Waals surface area contributed by atoms with Crippen molar-refractivity contribution in [1.29, 1.82) is 0 Å². The zero-order valence-corrected chi connectivity index (χ0v) is 13.4. The number of carbonyl (C=O) groups is 1. The molecule has 0 bridgehead atoms. The van der Waals surface area contributed by atoms with Gasteiger partial charge in [-0.1, -0.05) is 50.1 Å². The first-order valence-electron chi connectivity index (χ1n) is 7.93. The summed E-state index contributed by atoms with van der Waals surface area (Å²) in [6, 6.07) is 14.0.